The fraction of sp³-hybridized carbons (Fsp3) is 0.625. The molecule has 0 N–H and O–H groups in total. The summed E-state index contributed by atoms with van der Waals surface area (Å²) in [6, 6.07) is 4.15. The maximum absolute atomic E-state index is 4.77. The highest BCUT2D eigenvalue weighted by Crippen LogP contribution is 2.30. The number of hydrogen-bond acceptors (Lipinski definition) is 3. The van der Waals surface area contributed by atoms with Crippen molar-refractivity contribution in [2.24, 2.45) is 0 Å². The molecule has 2 aromatic heterocycles. The van der Waals surface area contributed by atoms with E-state index in [4.69, 9.17) is 22.8 Å². The van der Waals surface area contributed by atoms with E-state index in [1.54, 1.807) is 0 Å². The highest BCUT2D eigenvalue weighted by atomic mass is 32.1. The number of rotatable bonds is 5. The Morgan fingerprint density at radius 1 is 0.905 bits per heavy atom. The summed E-state index contributed by atoms with van der Waals surface area (Å²) >= 11 is 4.77. The second-order valence-corrected chi connectivity index (χ2v) is 7.93. The molecular weight excluding hydrogens is 280 g/mol. The molecule has 2 rings (SSSR count). The normalized spacial score (nSPS) is 12.9. The van der Waals surface area contributed by atoms with Crippen molar-refractivity contribution >= 4 is 12.6 Å². The van der Waals surface area contributed by atoms with Gasteiger partial charge in [-0.1, -0.05) is 27.7 Å². The molecule has 0 aliphatic carbocycles. The largest absolute Gasteiger partial charge is 0.246 e. The molecule has 0 bridgehead atoms. The van der Waals surface area contributed by atoms with Crippen LogP contribution in [0.2, 0.25) is 0 Å². The van der Waals surface area contributed by atoms with Crippen LogP contribution >= 0.6 is 12.6 Å². The third-order valence-corrected chi connectivity index (χ3v) is 3.80. The lowest BCUT2D eigenvalue weighted by Crippen LogP contribution is -2.35. The Morgan fingerprint density at radius 2 is 1.29 bits per heavy atom. The van der Waals surface area contributed by atoms with Gasteiger partial charge in [0, 0.05) is 17.1 Å². The molecule has 2 aromatic rings. The molecule has 0 unspecified atom stereocenters. The highest BCUT2D eigenvalue weighted by Gasteiger charge is 2.31. The van der Waals surface area contributed by atoms with Gasteiger partial charge >= 0.3 is 0 Å². The lowest BCUT2D eigenvalue weighted by Gasteiger charge is -2.30. The molecule has 0 aliphatic heterocycles. The van der Waals surface area contributed by atoms with Gasteiger partial charge in [-0.05, 0) is 37.8 Å². The van der Waals surface area contributed by atoms with Gasteiger partial charge in [0.05, 0.1) is 11.4 Å². The summed E-state index contributed by atoms with van der Waals surface area (Å²) in [4.78, 5) is 0. The smallest absolute Gasteiger partial charge is 0.157 e. The van der Waals surface area contributed by atoms with E-state index in [9.17, 15) is 0 Å². The molecule has 116 valence electrons. The van der Waals surface area contributed by atoms with Crippen molar-refractivity contribution in [1.82, 2.24) is 19.6 Å². The van der Waals surface area contributed by atoms with Gasteiger partial charge in [0.15, 0.2) is 6.17 Å². The zero-order chi connectivity index (χ0) is 15.8. The van der Waals surface area contributed by atoms with E-state index in [-0.39, 0.29) is 10.9 Å². The van der Waals surface area contributed by atoms with E-state index in [0.717, 1.165) is 11.4 Å². The molecule has 4 nitrogen and oxygen atoms in total. The molecule has 0 aliphatic rings. The Hall–Kier alpha value is -1.23. The minimum absolute atomic E-state index is 0.0548. The Morgan fingerprint density at radius 3 is 1.52 bits per heavy atom. The summed E-state index contributed by atoms with van der Waals surface area (Å²) in [7, 11) is 0. The number of hydrogen-bond donors (Lipinski definition) is 1. The van der Waals surface area contributed by atoms with Crippen LogP contribution in [0.5, 0.6) is 0 Å². The van der Waals surface area contributed by atoms with Crippen LogP contribution in [0, 0.1) is 0 Å². The topological polar surface area (TPSA) is 35.6 Å². The molecular formula is C16H26N4S. The van der Waals surface area contributed by atoms with Crippen molar-refractivity contribution in [3.63, 3.8) is 0 Å². The maximum atomic E-state index is 4.77. The van der Waals surface area contributed by atoms with Crippen molar-refractivity contribution in [2.45, 2.75) is 64.3 Å². The third-order valence-electron chi connectivity index (χ3n) is 3.57. The minimum atomic E-state index is -0.277. The summed E-state index contributed by atoms with van der Waals surface area (Å²) in [6.07, 6.45) is 3.99. The van der Waals surface area contributed by atoms with E-state index in [0.29, 0.717) is 11.8 Å². The second kappa shape index (κ2) is 5.87. The third kappa shape index (κ3) is 3.51. The zero-order valence-corrected chi connectivity index (χ0v) is 14.7. The average Bonchev–Trinajstić information content (AvgIpc) is 2.96. The van der Waals surface area contributed by atoms with E-state index < -0.39 is 0 Å². The van der Waals surface area contributed by atoms with E-state index in [2.05, 4.69) is 53.7 Å². The SMILES string of the molecule is CC(C)c1ccn(C(n2ccc(C(C)C)n2)C(C)(C)S)n1. The summed E-state index contributed by atoms with van der Waals surface area (Å²) in [5.74, 6) is 0.831. The molecule has 0 saturated carbocycles. The molecule has 0 amide bonds. The highest BCUT2D eigenvalue weighted by molar-refractivity contribution is 7.81. The van der Waals surface area contributed by atoms with Crippen molar-refractivity contribution in [1.29, 1.82) is 0 Å². The molecule has 0 aromatic carbocycles. The number of nitrogens with zero attached hydrogens (tertiary/aromatic N) is 4. The lowest BCUT2D eigenvalue weighted by atomic mass is 10.1. The van der Waals surface area contributed by atoms with Gasteiger partial charge in [-0.2, -0.15) is 22.8 Å². The van der Waals surface area contributed by atoms with E-state index in [1.807, 2.05) is 21.8 Å². The summed E-state index contributed by atoms with van der Waals surface area (Å²) in [6.45, 7) is 12.8. The van der Waals surface area contributed by atoms with Gasteiger partial charge in [0.2, 0.25) is 0 Å². The first-order valence-corrected chi connectivity index (χ1v) is 7.97. The van der Waals surface area contributed by atoms with Crippen LogP contribution in [-0.4, -0.2) is 24.3 Å². The number of thiol groups is 1. The first-order chi connectivity index (χ1) is 9.70. The van der Waals surface area contributed by atoms with Gasteiger partial charge in [-0.25, -0.2) is 9.36 Å². The molecule has 0 atom stereocenters. The molecule has 5 heteroatoms. The predicted molar refractivity (Wildman–Crippen MR) is 90.1 cm³/mol. The quantitative estimate of drug-likeness (QED) is 0.845. The van der Waals surface area contributed by atoms with Gasteiger partial charge in [0.25, 0.3) is 0 Å². The maximum Gasteiger partial charge on any atom is 0.157 e. The lowest BCUT2D eigenvalue weighted by molar-refractivity contribution is 0.298. The van der Waals surface area contributed by atoms with Crippen molar-refractivity contribution in [3.05, 3.63) is 35.9 Å². The average molecular weight is 306 g/mol. The summed E-state index contributed by atoms with van der Waals surface area (Å²) in [5, 5.41) is 9.43. The first kappa shape index (κ1) is 16.1. The fourth-order valence-corrected chi connectivity index (χ4v) is 2.60. The van der Waals surface area contributed by atoms with Crippen LogP contribution in [0.1, 0.15) is 70.9 Å². The van der Waals surface area contributed by atoms with Gasteiger partial charge in [0.1, 0.15) is 0 Å². The molecule has 2 heterocycles. The van der Waals surface area contributed by atoms with Crippen LogP contribution in [0.15, 0.2) is 24.5 Å². The monoisotopic (exact) mass is 306 g/mol. The Kier molecular flexibility index (Phi) is 4.51. The fourth-order valence-electron chi connectivity index (χ4n) is 2.36. The summed E-state index contributed by atoms with van der Waals surface area (Å²) in [5.41, 5.74) is 2.18. The van der Waals surface area contributed by atoms with E-state index >= 15 is 0 Å². The second-order valence-electron chi connectivity index (χ2n) is 6.78. The minimum Gasteiger partial charge on any atom is -0.246 e. The van der Waals surface area contributed by atoms with Crippen LogP contribution in [0.3, 0.4) is 0 Å². The van der Waals surface area contributed by atoms with Crippen molar-refractivity contribution in [2.75, 3.05) is 0 Å². The van der Waals surface area contributed by atoms with Crippen LogP contribution < -0.4 is 0 Å². The van der Waals surface area contributed by atoms with Crippen molar-refractivity contribution < 1.29 is 0 Å². The van der Waals surface area contributed by atoms with Crippen LogP contribution in [0.4, 0.5) is 0 Å². The molecule has 0 fully saturated rings. The molecule has 0 spiro atoms. The Bertz CT molecular complexity index is 543. The van der Waals surface area contributed by atoms with Crippen LogP contribution in [0.25, 0.3) is 0 Å². The molecule has 0 radical (unpaired) electrons. The van der Waals surface area contributed by atoms with Crippen LogP contribution in [-0.2, 0) is 0 Å². The Labute approximate surface area is 133 Å². The molecule has 0 saturated heterocycles. The summed E-state index contributed by atoms with van der Waals surface area (Å²) < 4.78 is 3.67. The Balaban J connectivity index is 2.42. The van der Waals surface area contributed by atoms with E-state index in [1.165, 1.54) is 0 Å². The van der Waals surface area contributed by atoms with Gasteiger partial charge < -0.3 is 0 Å². The zero-order valence-electron chi connectivity index (χ0n) is 13.8. The predicted octanol–water partition coefficient (Wildman–Crippen LogP) is 4.08. The van der Waals surface area contributed by atoms with Crippen molar-refractivity contribution in [3.8, 4) is 0 Å². The first-order valence-electron chi connectivity index (χ1n) is 7.52. The standard InChI is InChI=1S/C16H26N4S/c1-11(2)13-7-9-19(17-13)15(16(5,6)21)20-10-8-14(18-20)12(3)4/h7-12,15,21H,1-6H3. The van der Waals surface area contributed by atoms with Gasteiger partial charge in [-0.15, -0.1) is 0 Å². The van der Waals surface area contributed by atoms with Gasteiger partial charge in [-0.3, -0.25) is 0 Å². The molecule has 21 heavy (non-hydrogen) atoms. The number of aromatic nitrogens is 4.